The van der Waals surface area contributed by atoms with Gasteiger partial charge in [0.2, 0.25) is 0 Å². The van der Waals surface area contributed by atoms with Gasteiger partial charge in [-0.25, -0.2) is 0 Å². The molecule has 0 aliphatic carbocycles. The first-order chi connectivity index (χ1) is 7.86. The highest BCUT2D eigenvalue weighted by molar-refractivity contribution is 7.98. The standard InChI is InChI=1S/C12H16N2OS2/c1-12(2,11(13)16)14-10(15)8-4-6-9(17-3)7-5-8/h4-7H,1-3H3,(H2,13,16)(H,14,15). The van der Waals surface area contributed by atoms with Gasteiger partial charge in [-0.2, -0.15) is 0 Å². The lowest BCUT2D eigenvalue weighted by Gasteiger charge is -2.24. The van der Waals surface area contributed by atoms with E-state index in [0.717, 1.165) is 4.90 Å². The smallest absolute Gasteiger partial charge is 0.252 e. The minimum absolute atomic E-state index is 0.171. The quantitative estimate of drug-likeness (QED) is 0.649. The van der Waals surface area contributed by atoms with E-state index in [1.807, 2.05) is 18.4 Å². The predicted molar refractivity (Wildman–Crippen MR) is 76.6 cm³/mol. The van der Waals surface area contributed by atoms with E-state index in [1.165, 1.54) is 0 Å². The lowest BCUT2D eigenvalue weighted by molar-refractivity contribution is 0.0932. The monoisotopic (exact) mass is 268 g/mol. The maximum atomic E-state index is 11.9. The molecule has 0 aromatic heterocycles. The van der Waals surface area contributed by atoms with Crippen molar-refractivity contribution in [1.82, 2.24) is 5.32 Å². The SMILES string of the molecule is CSc1ccc(C(=O)NC(C)(C)C(N)=S)cc1. The van der Waals surface area contributed by atoms with Crippen LogP contribution in [0.25, 0.3) is 0 Å². The molecule has 3 N–H and O–H groups in total. The molecule has 5 heteroatoms. The molecule has 0 fully saturated rings. The van der Waals surface area contributed by atoms with Crippen molar-refractivity contribution in [3.63, 3.8) is 0 Å². The second-order valence-corrected chi connectivity index (χ2v) is 5.49. The highest BCUT2D eigenvalue weighted by Gasteiger charge is 2.23. The van der Waals surface area contributed by atoms with Gasteiger partial charge in [-0.3, -0.25) is 4.79 Å². The maximum Gasteiger partial charge on any atom is 0.252 e. The van der Waals surface area contributed by atoms with Crippen LogP contribution < -0.4 is 11.1 Å². The minimum atomic E-state index is -0.676. The Balaban J connectivity index is 2.80. The summed E-state index contributed by atoms with van der Waals surface area (Å²) >= 11 is 6.53. The van der Waals surface area contributed by atoms with Crippen LogP contribution in [0, 0.1) is 0 Å². The third-order valence-corrected chi connectivity index (χ3v) is 3.65. The summed E-state index contributed by atoms with van der Waals surface area (Å²) in [5.41, 5.74) is 5.48. The van der Waals surface area contributed by atoms with Gasteiger partial charge in [-0.1, -0.05) is 12.2 Å². The molecular formula is C12H16N2OS2. The second kappa shape index (κ2) is 5.51. The summed E-state index contributed by atoms with van der Waals surface area (Å²) in [5, 5.41) is 2.80. The van der Waals surface area contributed by atoms with Gasteiger partial charge in [-0.05, 0) is 44.4 Å². The van der Waals surface area contributed by atoms with Gasteiger partial charge in [0.15, 0.2) is 0 Å². The zero-order valence-corrected chi connectivity index (χ0v) is 11.7. The average Bonchev–Trinajstić information content (AvgIpc) is 2.28. The first-order valence-electron chi connectivity index (χ1n) is 5.13. The predicted octanol–water partition coefficient (Wildman–Crippen LogP) is 2.20. The van der Waals surface area contributed by atoms with Crippen LogP contribution in [-0.4, -0.2) is 22.7 Å². The van der Waals surface area contributed by atoms with Crippen LogP contribution in [0.3, 0.4) is 0 Å². The van der Waals surface area contributed by atoms with Crippen molar-refractivity contribution in [3.05, 3.63) is 29.8 Å². The first-order valence-corrected chi connectivity index (χ1v) is 6.76. The molecule has 0 heterocycles. The number of carbonyl (C=O) groups is 1. The van der Waals surface area contributed by atoms with Crippen LogP contribution in [0.5, 0.6) is 0 Å². The average molecular weight is 268 g/mol. The second-order valence-electron chi connectivity index (χ2n) is 4.17. The molecule has 17 heavy (non-hydrogen) atoms. The van der Waals surface area contributed by atoms with E-state index < -0.39 is 5.54 Å². The summed E-state index contributed by atoms with van der Waals surface area (Å²) in [6.07, 6.45) is 1.99. The molecule has 1 aromatic rings. The van der Waals surface area contributed by atoms with Gasteiger partial charge in [-0.15, -0.1) is 11.8 Å². The normalized spacial score (nSPS) is 11.0. The van der Waals surface area contributed by atoms with Crippen molar-refractivity contribution in [1.29, 1.82) is 0 Å². The summed E-state index contributed by atoms with van der Waals surface area (Å²) in [6, 6.07) is 7.40. The van der Waals surface area contributed by atoms with Crippen molar-refractivity contribution >= 4 is 34.9 Å². The summed E-state index contributed by atoms with van der Waals surface area (Å²) in [6.45, 7) is 3.56. The van der Waals surface area contributed by atoms with Crippen molar-refractivity contribution in [2.75, 3.05) is 6.26 Å². The zero-order valence-electron chi connectivity index (χ0n) is 10.1. The highest BCUT2D eigenvalue weighted by atomic mass is 32.2. The fourth-order valence-electron chi connectivity index (χ4n) is 1.16. The topological polar surface area (TPSA) is 55.1 Å². The highest BCUT2D eigenvalue weighted by Crippen LogP contribution is 2.15. The number of hydrogen-bond acceptors (Lipinski definition) is 3. The van der Waals surface area contributed by atoms with Gasteiger partial charge in [0.1, 0.15) is 0 Å². The molecule has 0 unspecified atom stereocenters. The van der Waals surface area contributed by atoms with Crippen LogP contribution in [-0.2, 0) is 0 Å². The van der Waals surface area contributed by atoms with E-state index in [9.17, 15) is 4.79 Å². The Morgan fingerprint density at radius 1 is 1.35 bits per heavy atom. The molecule has 92 valence electrons. The lowest BCUT2D eigenvalue weighted by Crippen LogP contribution is -2.52. The van der Waals surface area contributed by atoms with E-state index in [-0.39, 0.29) is 10.9 Å². The Morgan fingerprint density at radius 3 is 2.29 bits per heavy atom. The summed E-state index contributed by atoms with van der Waals surface area (Å²) in [4.78, 5) is 13.3. The first kappa shape index (κ1) is 14.0. The molecule has 0 bridgehead atoms. The number of thiocarbonyl (C=S) groups is 1. The molecule has 1 amide bonds. The van der Waals surface area contributed by atoms with Crippen LogP contribution >= 0.6 is 24.0 Å². The number of thioether (sulfide) groups is 1. The van der Waals surface area contributed by atoms with Crippen LogP contribution in [0.1, 0.15) is 24.2 Å². The Labute approximate surface area is 111 Å². The number of amides is 1. The molecule has 0 saturated heterocycles. The number of nitrogens with two attached hydrogens (primary N) is 1. The van der Waals surface area contributed by atoms with Gasteiger partial charge in [0, 0.05) is 10.5 Å². The van der Waals surface area contributed by atoms with Crippen molar-refractivity contribution in [3.8, 4) is 0 Å². The molecule has 0 aliphatic heterocycles. The third kappa shape index (κ3) is 3.71. The largest absolute Gasteiger partial charge is 0.391 e. The summed E-state index contributed by atoms with van der Waals surface area (Å²) < 4.78 is 0. The maximum absolute atomic E-state index is 11.9. The van der Waals surface area contributed by atoms with Crippen LogP contribution in [0.2, 0.25) is 0 Å². The van der Waals surface area contributed by atoms with Gasteiger partial charge in [0.25, 0.3) is 5.91 Å². The molecule has 0 atom stereocenters. The van der Waals surface area contributed by atoms with Gasteiger partial charge in [0.05, 0.1) is 10.5 Å². The van der Waals surface area contributed by atoms with E-state index in [1.54, 1.807) is 37.7 Å². The zero-order chi connectivity index (χ0) is 13.1. The van der Waals surface area contributed by atoms with Crippen LogP contribution in [0.4, 0.5) is 0 Å². The number of benzene rings is 1. The Kier molecular flexibility index (Phi) is 4.54. The van der Waals surface area contributed by atoms with Crippen molar-refractivity contribution in [2.45, 2.75) is 24.3 Å². The van der Waals surface area contributed by atoms with Gasteiger partial charge >= 0.3 is 0 Å². The molecule has 0 spiro atoms. The number of nitrogens with one attached hydrogen (secondary N) is 1. The number of hydrogen-bond donors (Lipinski definition) is 2. The Morgan fingerprint density at radius 2 is 1.88 bits per heavy atom. The van der Waals surface area contributed by atoms with E-state index >= 15 is 0 Å². The van der Waals surface area contributed by atoms with Crippen LogP contribution in [0.15, 0.2) is 29.2 Å². The summed E-state index contributed by atoms with van der Waals surface area (Å²) in [7, 11) is 0. The fraction of sp³-hybridized carbons (Fsp3) is 0.333. The van der Waals surface area contributed by atoms with E-state index in [0.29, 0.717) is 5.56 Å². The van der Waals surface area contributed by atoms with E-state index in [2.05, 4.69) is 5.32 Å². The molecule has 1 rings (SSSR count). The van der Waals surface area contributed by atoms with Crippen molar-refractivity contribution in [2.24, 2.45) is 5.73 Å². The Bertz CT molecular complexity index is 427. The molecule has 1 aromatic carbocycles. The fourth-order valence-corrected chi connectivity index (χ4v) is 1.62. The summed E-state index contributed by atoms with van der Waals surface area (Å²) in [5.74, 6) is -0.171. The number of rotatable bonds is 4. The van der Waals surface area contributed by atoms with E-state index in [4.69, 9.17) is 18.0 Å². The van der Waals surface area contributed by atoms with Gasteiger partial charge < -0.3 is 11.1 Å². The molecule has 0 saturated carbocycles. The third-order valence-electron chi connectivity index (χ3n) is 2.39. The molecular weight excluding hydrogens is 252 g/mol. The Hall–Kier alpha value is -1.07. The molecule has 3 nitrogen and oxygen atoms in total. The van der Waals surface area contributed by atoms with Crippen molar-refractivity contribution < 1.29 is 4.79 Å². The molecule has 0 aliphatic rings. The molecule has 0 radical (unpaired) electrons. The number of carbonyl (C=O) groups excluding carboxylic acids is 1. The lowest BCUT2D eigenvalue weighted by atomic mass is 10.1. The minimum Gasteiger partial charge on any atom is -0.391 e.